The summed E-state index contributed by atoms with van der Waals surface area (Å²) >= 11 is 0. The van der Waals surface area contributed by atoms with Crippen LogP contribution in [0.2, 0.25) is 0 Å². The molecule has 0 spiro atoms. The van der Waals surface area contributed by atoms with Crippen LogP contribution in [0.5, 0.6) is 0 Å². The number of aromatic nitrogens is 4. The molecular formula is C29H36FN7. The number of hydrogen-bond donors (Lipinski definition) is 1. The zero-order valence-corrected chi connectivity index (χ0v) is 22.4. The number of rotatable bonds is 10. The molecule has 1 fully saturated rings. The molecule has 1 aromatic carbocycles. The van der Waals surface area contributed by atoms with E-state index in [0.29, 0.717) is 28.5 Å². The fourth-order valence-electron chi connectivity index (χ4n) is 4.62. The van der Waals surface area contributed by atoms with Crippen molar-refractivity contribution in [1.82, 2.24) is 24.4 Å². The minimum Gasteiger partial charge on any atom is -0.371 e. The lowest BCUT2D eigenvalue weighted by molar-refractivity contribution is 0.414. The zero-order chi connectivity index (χ0) is 26.1. The van der Waals surface area contributed by atoms with Crippen LogP contribution in [-0.4, -0.2) is 58.1 Å². The molecule has 3 aromatic heterocycles. The van der Waals surface area contributed by atoms with Crippen LogP contribution < -0.4 is 10.2 Å². The molecule has 1 aliphatic carbocycles. The first kappa shape index (κ1) is 25.1. The molecule has 0 amide bonds. The number of likely N-dealkylation sites (N-methyl/N-ethyl adjacent to an activating group) is 2. The Labute approximate surface area is 218 Å². The number of nitrogens with zero attached hydrogens (tertiary/aromatic N) is 6. The first-order valence-electron chi connectivity index (χ1n) is 13.2. The van der Waals surface area contributed by atoms with Crippen LogP contribution in [0, 0.1) is 5.82 Å². The van der Waals surface area contributed by atoms with E-state index in [4.69, 9.17) is 9.97 Å². The van der Waals surface area contributed by atoms with Gasteiger partial charge in [0.2, 0.25) is 5.95 Å². The van der Waals surface area contributed by atoms with Gasteiger partial charge in [-0.25, -0.2) is 14.4 Å². The van der Waals surface area contributed by atoms with E-state index >= 15 is 4.39 Å². The van der Waals surface area contributed by atoms with E-state index in [1.54, 1.807) is 6.20 Å². The normalized spacial score (nSPS) is 13.6. The SMILES string of the molecule is CCN(CCN(C)C)c1ccc(Nc2ncc3c(F)c(C4CC4)n(-c4cccc(C(C)C)n4)c3n2)cc1. The third-order valence-electron chi connectivity index (χ3n) is 6.91. The van der Waals surface area contributed by atoms with Crippen LogP contribution in [-0.2, 0) is 0 Å². The number of hydrogen-bond acceptors (Lipinski definition) is 6. The maximum absolute atomic E-state index is 15.6. The van der Waals surface area contributed by atoms with Crippen LogP contribution in [0.25, 0.3) is 16.9 Å². The van der Waals surface area contributed by atoms with Crippen LogP contribution in [0.4, 0.5) is 21.7 Å². The molecule has 4 aromatic rings. The largest absolute Gasteiger partial charge is 0.371 e. The summed E-state index contributed by atoms with van der Waals surface area (Å²) in [7, 11) is 4.18. The van der Waals surface area contributed by atoms with Crippen molar-refractivity contribution in [2.45, 2.75) is 45.4 Å². The molecule has 0 bridgehead atoms. The molecule has 1 saturated carbocycles. The van der Waals surface area contributed by atoms with E-state index in [1.165, 1.54) is 5.69 Å². The fraction of sp³-hybridized carbons (Fsp3) is 0.414. The lowest BCUT2D eigenvalue weighted by Gasteiger charge is -2.25. The van der Waals surface area contributed by atoms with Crippen LogP contribution in [0.3, 0.4) is 0 Å². The molecule has 0 atom stereocenters. The first-order valence-corrected chi connectivity index (χ1v) is 13.2. The third-order valence-corrected chi connectivity index (χ3v) is 6.91. The third kappa shape index (κ3) is 5.30. The summed E-state index contributed by atoms with van der Waals surface area (Å²) in [5.41, 5.74) is 4.24. The average molecular weight is 502 g/mol. The maximum atomic E-state index is 15.6. The molecule has 0 radical (unpaired) electrons. The average Bonchev–Trinajstić information content (AvgIpc) is 3.69. The van der Waals surface area contributed by atoms with E-state index in [0.717, 1.165) is 43.9 Å². The molecule has 1 N–H and O–H groups in total. The molecule has 0 aliphatic heterocycles. The van der Waals surface area contributed by atoms with Gasteiger partial charge in [-0.1, -0.05) is 19.9 Å². The fourth-order valence-corrected chi connectivity index (χ4v) is 4.62. The summed E-state index contributed by atoms with van der Waals surface area (Å²) < 4.78 is 17.5. The summed E-state index contributed by atoms with van der Waals surface area (Å²) in [6, 6.07) is 14.2. The highest BCUT2D eigenvalue weighted by Crippen LogP contribution is 2.45. The highest BCUT2D eigenvalue weighted by atomic mass is 19.1. The van der Waals surface area contributed by atoms with Gasteiger partial charge in [0.05, 0.1) is 11.1 Å². The number of nitrogens with one attached hydrogen (secondary N) is 1. The van der Waals surface area contributed by atoms with Gasteiger partial charge in [0.15, 0.2) is 11.5 Å². The summed E-state index contributed by atoms with van der Waals surface area (Å²) in [5, 5.41) is 3.74. The Balaban J connectivity index is 1.47. The lowest BCUT2D eigenvalue weighted by Crippen LogP contribution is -2.31. The van der Waals surface area contributed by atoms with Crippen molar-refractivity contribution in [2.24, 2.45) is 0 Å². The minimum absolute atomic E-state index is 0.191. The summed E-state index contributed by atoms with van der Waals surface area (Å²) in [6.07, 6.45) is 3.54. The van der Waals surface area contributed by atoms with E-state index in [1.807, 2.05) is 34.9 Å². The summed E-state index contributed by atoms with van der Waals surface area (Å²) in [6.45, 7) is 9.29. The van der Waals surface area contributed by atoms with Gasteiger partial charge in [0.1, 0.15) is 5.82 Å². The molecule has 0 saturated heterocycles. The van der Waals surface area contributed by atoms with Gasteiger partial charge < -0.3 is 15.1 Å². The van der Waals surface area contributed by atoms with Gasteiger partial charge in [-0.05, 0) is 76.2 Å². The van der Waals surface area contributed by atoms with Crippen molar-refractivity contribution in [3.63, 3.8) is 0 Å². The van der Waals surface area contributed by atoms with E-state index < -0.39 is 0 Å². The number of fused-ring (bicyclic) bond motifs is 1. The molecular weight excluding hydrogens is 465 g/mol. The van der Waals surface area contributed by atoms with Crippen molar-refractivity contribution in [3.05, 3.63) is 65.9 Å². The zero-order valence-electron chi connectivity index (χ0n) is 22.4. The standard InChI is InChI=1S/C29H36FN7/c1-6-36(17-16-35(4)5)22-14-12-21(13-15-22)32-29-31-18-23-26(30)27(20-10-11-20)37(28(23)34-29)25-9-7-8-24(33-25)19(2)3/h7-9,12-15,18-20H,6,10-11,16-17H2,1-5H3,(H,31,32,34). The Morgan fingerprint density at radius 1 is 1.05 bits per heavy atom. The van der Waals surface area contributed by atoms with Crippen molar-refractivity contribution in [3.8, 4) is 5.82 Å². The number of pyridine rings is 1. The second kappa shape index (κ2) is 10.5. The van der Waals surface area contributed by atoms with Crippen LogP contribution >= 0.6 is 0 Å². The predicted octanol–water partition coefficient (Wildman–Crippen LogP) is 6.09. The van der Waals surface area contributed by atoms with Gasteiger partial charge >= 0.3 is 0 Å². The van der Waals surface area contributed by atoms with Crippen LogP contribution in [0.15, 0.2) is 48.7 Å². The lowest BCUT2D eigenvalue weighted by atomic mass is 10.1. The van der Waals surface area contributed by atoms with E-state index in [9.17, 15) is 0 Å². The minimum atomic E-state index is -0.234. The highest BCUT2D eigenvalue weighted by molar-refractivity contribution is 5.81. The summed E-state index contributed by atoms with van der Waals surface area (Å²) in [5.74, 6) is 1.37. The van der Waals surface area contributed by atoms with Crippen molar-refractivity contribution >= 4 is 28.4 Å². The molecule has 5 rings (SSSR count). The van der Waals surface area contributed by atoms with Gasteiger partial charge in [-0.3, -0.25) is 4.57 Å². The van der Waals surface area contributed by atoms with Crippen molar-refractivity contribution in [1.29, 1.82) is 0 Å². The van der Waals surface area contributed by atoms with Crippen molar-refractivity contribution in [2.75, 3.05) is 43.9 Å². The Morgan fingerprint density at radius 2 is 1.81 bits per heavy atom. The molecule has 3 heterocycles. The maximum Gasteiger partial charge on any atom is 0.229 e. The van der Waals surface area contributed by atoms with Crippen LogP contribution in [0.1, 0.15) is 56.8 Å². The topological polar surface area (TPSA) is 62.1 Å². The highest BCUT2D eigenvalue weighted by Gasteiger charge is 2.34. The molecule has 1 aliphatic rings. The van der Waals surface area contributed by atoms with E-state index in [-0.39, 0.29) is 17.7 Å². The Hall–Kier alpha value is -3.52. The number of benzene rings is 1. The second-order valence-electron chi connectivity index (χ2n) is 10.4. The Kier molecular flexibility index (Phi) is 7.11. The predicted molar refractivity (Wildman–Crippen MR) is 149 cm³/mol. The van der Waals surface area contributed by atoms with E-state index in [2.05, 4.69) is 67.1 Å². The monoisotopic (exact) mass is 501 g/mol. The second-order valence-corrected chi connectivity index (χ2v) is 10.4. The van der Waals surface area contributed by atoms with Gasteiger partial charge in [0, 0.05) is 48.8 Å². The Morgan fingerprint density at radius 3 is 2.46 bits per heavy atom. The van der Waals surface area contributed by atoms with Gasteiger partial charge in [0.25, 0.3) is 0 Å². The number of anilines is 3. The first-order chi connectivity index (χ1) is 17.9. The summed E-state index contributed by atoms with van der Waals surface area (Å²) in [4.78, 5) is 18.6. The smallest absolute Gasteiger partial charge is 0.229 e. The molecule has 37 heavy (non-hydrogen) atoms. The Bertz CT molecular complexity index is 1370. The van der Waals surface area contributed by atoms with Gasteiger partial charge in [-0.2, -0.15) is 4.98 Å². The quantitative estimate of drug-likeness (QED) is 0.284. The number of halogens is 1. The van der Waals surface area contributed by atoms with Crippen molar-refractivity contribution < 1.29 is 4.39 Å². The molecule has 7 nitrogen and oxygen atoms in total. The van der Waals surface area contributed by atoms with Gasteiger partial charge in [-0.15, -0.1) is 0 Å². The molecule has 194 valence electrons. The molecule has 0 unspecified atom stereocenters. The molecule has 8 heteroatoms.